The van der Waals surface area contributed by atoms with Crippen LogP contribution in [0.2, 0.25) is 0 Å². The van der Waals surface area contributed by atoms with Crippen molar-refractivity contribution < 1.29 is 117 Å². The number of aromatic hydroxyl groups is 1. The van der Waals surface area contributed by atoms with Gasteiger partial charge in [-0.15, -0.1) is 0 Å². The summed E-state index contributed by atoms with van der Waals surface area (Å²) in [5, 5.41) is 88.6. The molecule has 664 valence electrons. The van der Waals surface area contributed by atoms with Crippen molar-refractivity contribution in [3.63, 3.8) is 0 Å². The van der Waals surface area contributed by atoms with Crippen molar-refractivity contribution in [1.29, 1.82) is 0 Å². The molecule has 0 bridgehead atoms. The van der Waals surface area contributed by atoms with Crippen LogP contribution in [0.1, 0.15) is 145 Å². The molecule has 1 aliphatic carbocycles. The number of aliphatic carboxylic acids is 4. The highest BCUT2D eigenvalue weighted by atomic mass is 127. The number of carbonyl (C=O) groups excluding carboxylic acids is 12. The SMILES string of the molecule is CCC(Cc1c(I)cc(I)c(N)c1I)C(=O)[O-].CCC(Cc1c(I)cc(I)c(O)c1I)C(=O)[O-].CCOC(=O)c1c(I)c(I)c(I)c(I)c1C(=O)[O-].COC(=O)c1c(I)c(I)c(I)c(I)c1C(=O)[O-].O=C([O-])C(=O)Oc1c(I)cc(I)cc1I.O=C([O-])CC(=O)Nc1cc(I)c(I)c(I)c1.O=C([O-])c1c(I)c(I)c(I)c(I)c1C(=O)OC1CCCCC1. The van der Waals surface area contributed by atoms with Gasteiger partial charge in [-0.25, -0.2) is 19.2 Å². The first-order chi connectivity index (χ1) is 56.6. The molecule has 0 heterocycles. The predicted molar refractivity (Wildman–Crippen MR) is 643 cm³/mol. The quantitative estimate of drug-likeness (QED) is 0.00734. The van der Waals surface area contributed by atoms with Crippen LogP contribution in [0.3, 0.4) is 0 Å². The maximum atomic E-state index is 12.5. The smallest absolute Gasteiger partial charge is 0.359 e. The van der Waals surface area contributed by atoms with Gasteiger partial charge >= 0.3 is 23.9 Å². The summed E-state index contributed by atoms with van der Waals surface area (Å²) in [6.07, 6.45) is 6.20. The first-order valence-corrected chi connectivity index (χ1v) is 58.5. The Labute approximate surface area is 1030 Å². The Kier molecular flexibility index (Phi) is 61.7. The number of hydrogen-bond donors (Lipinski definition) is 3. The second-order valence-corrected chi connectivity index (χ2v) is 50.0. The fourth-order valence-electron chi connectivity index (χ4n) is 9.39. The first kappa shape index (κ1) is 123. The van der Waals surface area contributed by atoms with E-state index < -0.39 is 89.8 Å². The van der Waals surface area contributed by atoms with E-state index in [1.54, 1.807) is 31.2 Å². The lowest BCUT2D eigenvalue weighted by Crippen LogP contribution is -2.35. The minimum absolute atomic E-state index is 0.0577. The van der Waals surface area contributed by atoms with Crippen LogP contribution in [0.15, 0.2) is 36.4 Å². The zero-order chi connectivity index (χ0) is 94.0. The van der Waals surface area contributed by atoms with E-state index >= 15 is 0 Å². The van der Waals surface area contributed by atoms with Gasteiger partial charge in [0.2, 0.25) is 5.91 Å². The van der Waals surface area contributed by atoms with Gasteiger partial charge < -0.3 is 104 Å². The number of phenols is 1. The van der Waals surface area contributed by atoms with Crippen LogP contribution in [0.25, 0.3) is 0 Å². The van der Waals surface area contributed by atoms with Crippen molar-refractivity contribution in [2.24, 2.45) is 11.8 Å². The van der Waals surface area contributed by atoms with Crippen molar-refractivity contribution in [3.8, 4) is 11.5 Å². The highest BCUT2D eigenvalue weighted by molar-refractivity contribution is 14.1. The molecule has 0 radical (unpaired) electrons. The van der Waals surface area contributed by atoms with E-state index in [4.69, 9.17) is 15.2 Å². The molecular weight excluding hydrogens is 4320 g/mol. The maximum Gasteiger partial charge on any atom is 0.359 e. The van der Waals surface area contributed by atoms with E-state index in [2.05, 4.69) is 354 Å². The lowest BCUT2D eigenvalue weighted by atomic mass is 9.97. The molecule has 1 amide bonds. The monoisotopic (exact) mass is 4370 g/mol. The number of aromatic carboxylic acids is 3. The molecule has 1 saturated carbocycles. The Morgan fingerprint density at radius 1 is 0.426 bits per heavy atom. The van der Waals surface area contributed by atoms with Crippen molar-refractivity contribution in [2.45, 2.75) is 91.1 Å². The molecule has 0 saturated heterocycles. The highest BCUT2D eigenvalue weighted by Gasteiger charge is 2.31. The summed E-state index contributed by atoms with van der Waals surface area (Å²) < 4.78 is 38.9. The Balaban J connectivity index is 0.000000484. The van der Waals surface area contributed by atoms with Gasteiger partial charge in [-0.2, -0.15) is 0 Å². The Hall–Kier alpha value is 5.30. The third-order valence-electron chi connectivity index (χ3n) is 15.3. The zero-order valence-corrected chi connectivity index (χ0v) is 113. The molecule has 0 aliphatic heterocycles. The number of nitrogen functional groups attached to an aromatic ring is 1. The number of carboxylic acids is 7. The second kappa shape index (κ2) is 61.0. The normalized spacial score (nSPS) is 11.7. The summed E-state index contributed by atoms with van der Waals surface area (Å²) in [7, 11) is 1.22. The number of anilines is 2. The molecule has 2 atom stereocenters. The molecule has 7 aromatic carbocycles. The van der Waals surface area contributed by atoms with Crippen LogP contribution in [-0.2, 0) is 55.8 Å². The van der Waals surface area contributed by atoms with Crippen LogP contribution in [0.5, 0.6) is 11.5 Å². The van der Waals surface area contributed by atoms with Crippen molar-refractivity contribution in [1.82, 2.24) is 0 Å². The summed E-state index contributed by atoms with van der Waals surface area (Å²) >= 11 is 49.5. The molecule has 122 heavy (non-hydrogen) atoms. The third kappa shape index (κ3) is 37.8. The van der Waals surface area contributed by atoms with Crippen LogP contribution in [0.4, 0.5) is 11.4 Å². The average molecular weight is 4370 g/mol. The number of carbonyl (C=O) groups is 12. The van der Waals surface area contributed by atoms with Crippen molar-refractivity contribution in [3.05, 3.63) is 167 Å². The molecule has 0 aromatic heterocycles. The standard InChI is InChI=1S/C14H12I4O4.C11H12I3NO2.C11H11I3O3.C10H6I4O4.C9H4I4O4.C9H6I3NO3.C8H3I3O4/c15-9-7(13(19)20)8(10(16)12(18)11(9)17)14(21)22-6-4-2-1-3-5-6;2*1-2-5(11(16)17)3-6-7(12)4-8(13)10(15)9(6)14;1-2-18-10(17)4-3(9(15)16)5(11)7(13)8(14)6(4)12;1-17-9(16)3-2(8(14)15)4(10)6(12)7(13)5(3)11;10-5-1-4(2-6(11)9(5)12)13-7(14)3-8(15)16;9-3-1-4(10)6(5(11)2-3)15-8(14)7(12)13/h6H,1-5H2,(H,19,20);4-5H,2-3,15H2,1H3,(H,16,17);4-5,15H,2-3H2,1H3,(H,16,17);2H2,1H3,(H,15,16);1H3,(H,14,15);1-2H,3H2,(H,13,14)(H,15,16);1-2H,(H,12,13)/p-7. The number of amides is 1. The summed E-state index contributed by atoms with van der Waals surface area (Å²) in [4.78, 5) is 134. The van der Waals surface area contributed by atoms with E-state index in [0.29, 0.717) is 59.9 Å². The predicted octanol–water partition coefficient (Wildman–Crippen LogP) is 16.5. The molecule has 1 aliphatic rings. The van der Waals surface area contributed by atoms with E-state index in [0.717, 1.165) is 106 Å². The number of benzene rings is 7. The number of halogens is 24. The number of phenolic OH excluding ortho intramolecular Hbond substituents is 1. The van der Waals surface area contributed by atoms with E-state index in [9.17, 15) is 98.4 Å². The number of methoxy groups -OCH3 is 1. The van der Waals surface area contributed by atoms with E-state index in [1.165, 1.54) is 7.11 Å². The van der Waals surface area contributed by atoms with Gasteiger partial charge in [0.05, 0.1) is 80.7 Å². The fourth-order valence-corrected chi connectivity index (χ4v) is 33.8. The molecule has 2 unspecified atom stereocenters. The molecule has 8 rings (SSSR count). The Bertz CT molecular complexity index is 5080. The first-order valence-electron chi connectivity index (χ1n) is 32.7. The van der Waals surface area contributed by atoms with Crippen molar-refractivity contribution in [2.75, 3.05) is 24.8 Å². The second-order valence-electron chi connectivity index (χ2n) is 23.3. The number of esters is 4. The average Bonchev–Trinajstić information content (AvgIpc) is 0.781. The topological polar surface area (TPSA) is 461 Å². The number of carboxylic acid groups (broad SMARTS) is 7. The Morgan fingerprint density at radius 2 is 0.787 bits per heavy atom. The minimum Gasteiger partial charge on any atom is -0.550 e. The van der Waals surface area contributed by atoms with Gasteiger partial charge in [-0.1, -0.05) is 20.3 Å². The fraction of sp³-hybridized carbons (Fsp3) is 0.250. The number of nitrogens with one attached hydrogen (secondary N) is 1. The molecule has 26 nitrogen and oxygen atoms in total. The van der Waals surface area contributed by atoms with E-state index in [1.807, 2.05) is 229 Å². The summed E-state index contributed by atoms with van der Waals surface area (Å²) in [6.45, 7) is 5.55. The molecule has 1 fully saturated rings. The van der Waals surface area contributed by atoms with Crippen LogP contribution >= 0.6 is 542 Å². The molecule has 4 N–H and O–H groups in total. The third-order valence-corrected chi connectivity index (χ3v) is 50.7. The molecular formula is C72H47I24N2O24-7. The summed E-state index contributed by atoms with van der Waals surface area (Å²) in [5.74, 6) is -13.6. The Morgan fingerprint density at radius 3 is 1.13 bits per heavy atom. The van der Waals surface area contributed by atoms with Gasteiger partial charge in [-0.3, -0.25) is 4.79 Å². The van der Waals surface area contributed by atoms with E-state index in [-0.39, 0.29) is 57.6 Å². The zero-order valence-electron chi connectivity index (χ0n) is 61.0. The van der Waals surface area contributed by atoms with Crippen molar-refractivity contribution >= 4 is 625 Å². The largest absolute Gasteiger partial charge is 0.550 e. The summed E-state index contributed by atoms with van der Waals surface area (Å²) in [6, 6.07) is 11.0. The molecule has 0 spiro atoms. The van der Waals surface area contributed by atoms with Gasteiger partial charge in [0.15, 0.2) is 11.7 Å². The highest BCUT2D eigenvalue weighted by Crippen LogP contribution is 2.40. The lowest BCUT2D eigenvalue weighted by Gasteiger charge is -2.24. The van der Waals surface area contributed by atoms with Gasteiger partial charge in [0.25, 0.3) is 0 Å². The molecule has 7 aromatic rings. The summed E-state index contributed by atoms with van der Waals surface area (Å²) in [5.41, 5.74) is 9.20. The number of rotatable bonds is 20. The van der Waals surface area contributed by atoms with Crippen LogP contribution in [0, 0.1) is 97.5 Å². The van der Waals surface area contributed by atoms with Crippen LogP contribution < -0.4 is 51.5 Å². The molecule has 50 heteroatoms. The van der Waals surface area contributed by atoms with Gasteiger partial charge in [0, 0.05) is 118 Å². The van der Waals surface area contributed by atoms with Gasteiger partial charge in [0.1, 0.15) is 11.9 Å². The van der Waals surface area contributed by atoms with Crippen LogP contribution in [-0.4, -0.2) is 96.5 Å². The number of nitrogens with two attached hydrogens (primary N) is 1. The minimum atomic E-state index is -1.85. The number of ether oxygens (including phenoxy) is 4. The maximum absolute atomic E-state index is 12.5. The number of hydrogen-bond acceptors (Lipinski definition) is 25. The van der Waals surface area contributed by atoms with Gasteiger partial charge in [-0.05, 0) is 648 Å². The lowest BCUT2D eigenvalue weighted by molar-refractivity contribution is -0.313.